The molecule has 0 bridgehead atoms. The van der Waals surface area contributed by atoms with Crippen LogP contribution in [0.2, 0.25) is 0 Å². The van der Waals surface area contributed by atoms with E-state index < -0.39 is 9.05 Å². The quantitative estimate of drug-likeness (QED) is 0.786. The molecule has 1 aromatic rings. The summed E-state index contributed by atoms with van der Waals surface area (Å²) in [6.45, 7) is 8.08. The van der Waals surface area contributed by atoms with E-state index in [0.717, 1.165) is 11.1 Å². The third-order valence-electron chi connectivity index (χ3n) is 3.01. The van der Waals surface area contributed by atoms with Gasteiger partial charge in [0.15, 0.2) is 0 Å². The Balaban J connectivity index is 3.15. The van der Waals surface area contributed by atoms with Crippen LogP contribution in [0.15, 0.2) is 18.2 Å². The predicted octanol–water partition coefficient (Wildman–Crippen LogP) is 3.61. The highest BCUT2D eigenvalue weighted by atomic mass is 35.7. The zero-order valence-electron chi connectivity index (χ0n) is 10.7. The minimum Gasteiger partial charge on any atom is -0.212 e. The van der Waals surface area contributed by atoms with Crippen LogP contribution in [0.3, 0.4) is 0 Å². The van der Waals surface area contributed by atoms with Gasteiger partial charge in [0.05, 0.1) is 5.75 Å². The molecular formula is C13H19ClO2S. The van der Waals surface area contributed by atoms with Crippen molar-refractivity contribution in [2.24, 2.45) is 5.92 Å². The normalized spacial score (nSPS) is 14.0. The Bertz CT molecular complexity index is 492. The molecule has 0 N–H and O–H groups in total. The SMILES string of the molecule is Cc1ccc(C(CS(=O)(=O)Cl)C(C)C)c(C)c1. The molecule has 17 heavy (non-hydrogen) atoms. The first-order valence-electron chi connectivity index (χ1n) is 5.70. The Morgan fingerprint density at radius 2 is 1.82 bits per heavy atom. The molecule has 0 spiro atoms. The first-order chi connectivity index (χ1) is 7.70. The fourth-order valence-electron chi connectivity index (χ4n) is 2.10. The van der Waals surface area contributed by atoms with Crippen LogP contribution in [0.5, 0.6) is 0 Å². The van der Waals surface area contributed by atoms with E-state index >= 15 is 0 Å². The summed E-state index contributed by atoms with van der Waals surface area (Å²) in [6, 6.07) is 6.10. The van der Waals surface area contributed by atoms with Crippen molar-refractivity contribution >= 4 is 19.7 Å². The third-order valence-corrected chi connectivity index (χ3v) is 4.14. The van der Waals surface area contributed by atoms with Gasteiger partial charge in [-0.3, -0.25) is 0 Å². The summed E-state index contributed by atoms with van der Waals surface area (Å²) in [5, 5.41) is 0. The lowest BCUT2D eigenvalue weighted by molar-refractivity contribution is 0.523. The van der Waals surface area contributed by atoms with Gasteiger partial charge in [0, 0.05) is 16.6 Å². The number of aryl methyl sites for hydroxylation is 2. The van der Waals surface area contributed by atoms with Crippen LogP contribution in [0.1, 0.15) is 36.5 Å². The number of rotatable bonds is 4. The van der Waals surface area contributed by atoms with Crippen molar-refractivity contribution in [1.82, 2.24) is 0 Å². The van der Waals surface area contributed by atoms with E-state index in [-0.39, 0.29) is 17.6 Å². The fraction of sp³-hybridized carbons (Fsp3) is 0.538. The molecule has 0 aliphatic carbocycles. The Morgan fingerprint density at radius 3 is 2.24 bits per heavy atom. The van der Waals surface area contributed by atoms with Crippen LogP contribution in [-0.2, 0) is 9.05 Å². The van der Waals surface area contributed by atoms with Gasteiger partial charge in [-0.2, -0.15) is 0 Å². The van der Waals surface area contributed by atoms with Gasteiger partial charge in [-0.05, 0) is 30.9 Å². The molecule has 0 fully saturated rings. The molecule has 1 aromatic carbocycles. The second-order valence-electron chi connectivity index (χ2n) is 4.92. The lowest BCUT2D eigenvalue weighted by atomic mass is 9.87. The van der Waals surface area contributed by atoms with Crippen LogP contribution >= 0.6 is 10.7 Å². The highest BCUT2D eigenvalue weighted by molar-refractivity contribution is 8.13. The van der Waals surface area contributed by atoms with Gasteiger partial charge < -0.3 is 0 Å². The first-order valence-corrected chi connectivity index (χ1v) is 8.18. The molecule has 0 aliphatic heterocycles. The Hall–Kier alpha value is -0.540. The van der Waals surface area contributed by atoms with Crippen molar-refractivity contribution in [2.75, 3.05) is 5.75 Å². The minimum atomic E-state index is -3.47. The molecule has 0 aromatic heterocycles. The van der Waals surface area contributed by atoms with Gasteiger partial charge in [0.1, 0.15) is 0 Å². The maximum absolute atomic E-state index is 11.3. The zero-order valence-corrected chi connectivity index (χ0v) is 12.3. The predicted molar refractivity (Wildman–Crippen MR) is 73.1 cm³/mol. The van der Waals surface area contributed by atoms with Crippen molar-refractivity contribution in [1.29, 1.82) is 0 Å². The maximum atomic E-state index is 11.3. The topological polar surface area (TPSA) is 34.1 Å². The molecule has 1 rings (SSSR count). The van der Waals surface area contributed by atoms with Gasteiger partial charge in [0.2, 0.25) is 9.05 Å². The summed E-state index contributed by atoms with van der Waals surface area (Å²) < 4.78 is 22.5. The summed E-state index contributed by atoms with van der Waals surface area (Å²) in [7, 11) is 1.91. The largest absolute Gasteiger partial charge is 0.233 e. The Kier molecular flexibility index (Phi) is 4.62. The van der Waals surface area contributed by atoms with Gasteiger partial charge >= 0.3 is 0 Å². The van der Waals surface area contributed by atoms with Gasteiger partial charge in [0.25, 0.3) is 0 Å². The Morgan fingerprint density at radius 1 is 1.24 bits per heavy atom. The number of hydrogen-bond acceptors (Lipinski definition) is 2. The van der Waals surface area contributed by atoms with E-state index in [1.54, 1.807) is 0 Å². The van der Waals surface area contributed by atoms with Crippen molar-refractivity contribution in [3.63, 3.8) is 0 Å². The van der Waals surface area contributed by atoms with Crippen molar-refractivity contribution in [3.8, 4) is 0 Å². The molecule has 1 unspecified atom stereocenters. The summed E-state index contributed by atoms with van der Waals surface area (Å²) in [4.78, 5) is 0. The standard InChI is InChI=1S/C13H19ClO2S/c1-9(2)13(8-17(14,15)16)12-6-5-10(3)7-11(12)4/h5-7,9,13H,8H2,1-4H3. The second-order valence-corrected chi connectivity index (χ2v) is 7.74. The summed E-state index contributed by atoms with van der Waals surface area (Å²) in [5.74, 6) is 0.193. The van der Waals surface area contributed by atoms with E-state index in [4.69, 9.17) is 10.7 Å². The van der Waals surface area contributed by atoms with Crippen molar-refractivity contribution < 1.29 is 8.42 Å². The van der Waals surface area contributed by atoms with Crippen LogP contribution in [0.25, 0.3) is 0 Å². The third kappa shape index (κ3) is 4.32. The molecule has 0 saturated carbocycles. The lowest BCUT2D eigenvalue weighted by Gasteiger charge is -2.22. The molecule has 0 amide bonds. The maximum Gasteiger partial charge on any atom is 0.233 e. The molecular weight excluding hydrogens is 256 g/mol. The summed E-state index contributed by atoms with van der Waals surface area (Å²) >= 11 is 0. The molecule has 4 heteroatoms. The smallest absolute Gasteiger partial charge is 0.212 e. The first kappa shape index (κ1) is 14.5. The van der Waals surface area contributed by atoms with Crippen molar-refractivity contribution in [3.05, 3.63) is 34.9 Å². The lowest BCUT2D eigenvalue weighted by Crippen LogP contribution is -2.17. The van der Waals surface area contributed by atoms with Crippen LogP contribution in [0, 0.1) is 19.8 Å². The van der Waals surface area contributed by atoms with Crippen LogP contribution in [-0.4, -0.2) is 14.2 Å². The zero-order chi connectivity index (χ0) is 13.2. The molecule has 0 radical (unpaired) electrons. The van der Waals surface area contributed by atoms with Gasteiger partial charge in [-0.15, -0.1) is 0 Å². The van der Waals surface area contributed by atoms with E-state index in [1.165, 1.54) is 5.56 Å². The molecule has 0 heterocycles. The number of benzene rings is 1. The molecule has 1 atom stereocenters. The average Bonchev–Trinajstić information content (AvgIpc) is 2.13. The highest BCUT2D eigenvalue weighted by Crippen LogP contribution is 2.30. The molecule has 2 nitrogen and oxygen atoms in total. The Labute approximate surface area is 108 Å². The second kappa shape index (κ2) is 5.40. The average molecular weight is 275 g/mol. The van der Waals surface area contributed by atoms with E-state index in [9.17, 15) is 8.42 Å². The monoisotopic (exact) mass is 274 g/mol. The number of hydrogen-bond donors (Lipinski definition) is 0. The van der Waals surface area contributed by atoms with E-state index in [0.29, 0.717) is 0 Å². The molecule has 96 valence electrons. The van der Waals surface area contributed by atoms with Gasteiger partial charge in [-0.25, -0.2) is 8.42 Å². The fourth-order valence-corrected chi connectivity index (χ4v) is 3.50. The molecule has 0 aliphatic rings. The van der Waals surface area contributed by atoms with Crippen LogP contribution < -0.4 is 0 Å². The highest BCUT2D eigenvalue weighted by Gasteiger charge is 2.23. The summed E-state index contributed by atoms with van der Waals surface area (Å²) in [6.07, 6.45) is 0. The van der Waals surface area contributed by atoms with E-state index in [2.05, 4.69) is 6.07 Å². The van der Waals surface area contributed by atoms with E-state index in [1.807, 2.05) is 39.8 Å². The van der Waals surface area contributed by atoms with Crippen LogP contribution in [0.4, 0.5) is 0 Å². The van der Waals surface area contributed by atoms with Gasteiger partial charge in [-0.1, -0.05) is 37.6 Å². The number of halogens is 1. The summed E-state index contributed by atoms with van der Waals surface area (Å²) in [5.41, 5.74) is 3.39. The van der Waals surface area contributed by atoms with Crippen molar-refractivity contribution in [2.45, 2.75) is 33.6 Å². The minimum absolute atomic E-state index is 0.00385. The molecule has 0 saturated heterocycles.